The van der Waals surface area contributed by atoms with E-state index in [1.165, 1.54) is 6.07 Å². The summed E-state index contributed by atoms with van der Waals surface area (Å²) in [5.74, 6) is -0.904. The molecule has 0 fully saturated rings. The van der Waals surface area contributed by atoms with Crippen LogP contribution in [0, 0.1) is 5.82 Å². The van der Waals surface area contributed by atoms with Crippen LogP contribution in [0.15, 0.2) is 82.4 Å². The molecule has 0 radical (unpaired) electrons. The first-order valence-corrected chi connectivity index (χ1v) is 10.0. The van der Waals surface area contributed by atoms with Crippen molar-refractivity contribution < 1.29 is 13.9 Å². The fraction of sp³-hybridized carbons (Fsp3) is 0.174. The molecule has 2 aromatic carbocycles. The Kier molecular flexibility index (Phi) is 7.25. The number of hydrogen-bond donors (Lipinski definition) is 0. The molecule has 1 heterocycles. The van der Waals surface area contributed by atoms with Crippen LogP contribution in [0.1, 0.15) is 23.7 Å². The number of pyridine rings is 1. The number of ether oxygens (including phenoxy) is 1. The summed E-state index contributed by atoms with van der Waals surface area (Å²) in [6.07, 6.45) is 0.195. The van der Waals surface area contributed by atoms with Crippen molar-refractivity contribution in [2.45, 2.75) is 19.4 Å². The minimum absolute atomic E-state index is 0.105. The lowest BCUT2D eigenvalue weighted by Crippen LogP contribution is -2.26. The van der Waals surface area contributed by atoms with Gasteiger partial charge in [0.25, 0.3) is 0 Å². The van der Waals surface area contributed by atoms with Gasteiger partial charge in [0.15, 0.2) is 11.9 Å². The number of aliphatic imine (C=N–C) groups is 1. The molecule has 0 saturated heterocycles. The Labute approximate surface area is 177 Å². The van der Waals surface area contributed by atoms with E-state index in [0.717, 1.165) is 11.1 Å². The first kappa shape index (κ1) is 20.9. The van der Waals surface area contributed by atoms with E-state index in [9.17, 15) is 9.18 Å². The fourth-order valence-corrected chi connectivity index (χ4v) is 3.21. The third-order valence-electron chi connectivity index (χ3n) is 4.20. The SMILES string of the molecule is CCOC(=O)C(Cc1ccc(F)c(Br)n1)N=C(c1ccccc1)c1ccccc1. The van der Waals surface area contributed by atoms with Gasteiger partial charge in [-0.15, -0.1) is 0 Å². The Hall–Kier alpha value is -2.86. The first-order chi connectivity index (χ1) is 14.1. The third kappa shape index (κ3) is 5.57. The monoisotopic (exact) mass is 454 g/mol. The van der Waals surface area contributed by atoms with Crippen molar-refractivity contribution in [1.29, 1.82) is 0 Å². The Morgan fingerprint density at radius 1 is 1.03 bits per heavy atom. The summed E-state index contributed by atoms with van der Waals surface area (Å²) in [5.41, 5.74) is 3.01. The zero-order valence-electron chi connectivity index (χ0n) is 15.9. The zero-order chi connectivity index (χ0) is 20.6. The summed E-state index contributed by atoms with van der Waals surface area (Å²) in [6.45, 7) is 2.00. The van der Waals surface area contributed by atoms with E-state index < -0.39 is 17.8 Å². The molecule has 3 aromatic rings. The number of halogens is 2. The molecule has 3 rings (SSSR count). The molecule has 0 N–H and O–H groups in total. The van der Waals surface area contributed by atoms with Gasteiger partial charge in [-0.1, -0.05) is 60.7 Å². The molecule has 29 heavy (non-hydrogen) atoms. The topological polar surface area (TPSA) is 51.5 Å². The number of esters is 1. The lowest BCUT2D eigenvalue weighted by atomic mass is 10.0. The molecule has 4 nitrogen and oxygen atoms in total. The van der Waals surface area contributed by atoms with Crippen molar-refractivity contribution in [2.24, 2.45) is 4.99 Å². The Morgan fingerprint density at radius 2 is 1.62 bits per heavy atom. The second-order valence-corrected chi connectivity index (χ2v) is 7.01. The Bertz CT molecular complexity index is 953. The van der Waals surface area contributed by atoms with Gasteiger partial charge in [-0.3, -0.25) is 4.99 Å². The molecule has 0 spiro atoms. The number of rotatable bonds is 7. The van der Waals surface area contributed by atoms with Gasteiger partial charge in [0.05, 0.1) is 12.3 Å². The molecule has 0 aliphatic rings. The van der Waals surface area contributed by atoms with Crippen molar-refractivity contribution >= 4 is 27.6 Å². The number of hydrogen-bond acceptors (Lipinski definition) is 4. The molecule has 148 valence electrons. The fourth-order valence-electron chi connectivity index (χ4n) is 2.85. The highest BCUT2D eigenvalue weighted by molar-refractivity contribution is 9.10. The summed E-state index contributed by atoms with van der Waals surface area (Å²) < 4.78 is 18.9. The molecule has 1 atom stereocenters. The highest BCUT2D eigenvalue weighted by Crippen LogP contribution is 2.17. The van der Waals surface area contributed by atoms with E-state index in [0.29, 0.717) is 11.4 Å². The average molecular weight is 455 g/mol. The standard InChI is InChI=1S/C23H20BrFN2O2/c1-2-29-23(28)20(15-18-13-14-19(25)22(24)26-18)27-21(16-9-5-3-6-10-16)17-11-7-4-8-12-17/h3-14,20H,2,15H2,1H3. The number of carbonyl (C=O) groups excluding carboxylic acids is 1. The molecule has 0 aliphatic carbocycles. The Morgan fingerprint density at radius 3 is 2.14 bits per heavy atom. The lowest BCUT2D eigenvalue weighted by Gasteiger charge is -2.15. The van der Waals surface area contributed by atoms with E-state index in [2.05, 4.69) is 20.9 Å². The maximum absolute atomic E-state index is 13.5. The molecule has 0 saturated carbocycles. The summed E-state index contributed by atoms with van der Waals surface area (Å²) in [5, 5.41) is 0. The van der Waals surface area contributed by atoms with Crippen LogP contribution in [0.25, 0.3) is 0 Å². The molecule has 1 aromatic heterocycles. The van der Waals surface area contributed by atoms with Crippen molar-refractivity contribution in [3.05, 3.63) is 100 Å². The normalized spacial score (nSPS) is 11.6. The quantitative estimate of drug-likeness (QED) is 0.287. The van der Waals surface area contributed by atoms with Crippen molar-refractivity contribution in [3.8, 4) is 0 Å². The predicted molar refractivity (Wildman–Crippen MR) is 115 cm³/mol. The van der Waals surface area contributed by atoms with Gasteiger partial charge in [0.1, 0.15) is 4.60 Å². The molecule has 6 heteroatoms. The molecule has 0 amide bonds. The van der Waals surface area contributed by atoms with Gasteiger partial charge < -0.3 is 4.74 Å². The largest absolute Gasteiger partial charge is 0.464 e. The van der Waals surface area contributed by atoms with Gasteiger partial charge in [0.2, 0.25) is 0 Å². The third-order valence-corrected chi connectivity index (χ3v) is 4.76. The van der Waals surface area contributed by atoms with Crippen LogP contribution in [0.5, 0.6) is 0 Å². The lowest BCUT2D eigenvalue weighted by molar-refractivity contribution is -0.144. The van der Waals surface area contributed by atoms with Gasteiger partial charge in [-0.2, -0.15) is 0 Å². The summed E-state index contributed by atoms with van der Waals surface area (Å²) >= 11 is 3.09. The van der Waals surface area contributed by atoms with Gasteiger partial charge >= 0.3 is 5.97 Å². The maximum atomic E-state index is 13.5. The van der Waals surface area contributed by atoms with Crippen molar-refractivity contribution in [3.63, 3.8) is 0 Å². The molecular formula is C23H20BrFN2O2. The Balaban J connectivity index is 2.04. The summed E-state index contributed by atoms with van der Waals surface area (Å²) in [6, 6.07) is 21.4. The minimum atomic E-state index is -0.810. The minimum Gasteiger partial charge on any atom is -0.464 e. The van der Waals surface area contributed by atoms with Crippen LogP contribution < -0.4 is 0 Å². The van der Waals surface area contributed by atoms with Gasteiger partial charge in [-0.05, 0) is 35.0 Å². The van der Waals surface area contributed by atoms with Crippen LogP contribution in [0.2, 0.25) is 0 Å². The number of nitrogens with zero attached hydrogens (tertiary/aromatic N) is 2. The van der Waals surface area contributed by atoms with Crippen LogP contribution in [-0.4, -0.2) is 29.3 Å². The average Bonchev–Trinajstić information content (AvgIpc) is 2.75. The van der Waals surface area contributed by atoms with Gasteiger partial charge in [-0.25, -0.2) is 14.2 Å². The maximum Gasteiger partial charge on any atom is 0.331 e. The van der Waals surface area contributed by atoms with Gasteiger partial charge in [0, 0.05) is 23.2 Å². The highest BCUT2D eigenvalue weighted by atomic mass is 79.9. The first-order valence-electron chi connectivity index (χ1n) is 9.24. The molecule has 0 bridgehead atoms. The van der Waals surface area contributed by atoms with Crippen LogP contribution in [-0.2, 0) is 16.0 Å². The molecular weight excluding hydrogens is 435 g/mol. The molecule has 0 aliphatic heterocycles. The van der Waals surface area contributed by atoms with Crippen molar-refractivity contribution in [1.82, 2.24) is 4.98 Å². The van der Waals surface area contributed by atoms with Crippen LogP contribution in [0.3, 0.4) is 0 Å². The predicted octanol–water partition coefficient (Wildman–Crippen LogP) is 5.00. The smallest absolute Gasteiger partial charge is 0.331 e. The molecule has 1 unspecified atom stereocenters. The van der Waals surface area contributed by atoms with E-state index >= 15 is 0 Å². The second kappa shape index (κ2) is 10.1. The summed E-state index contributed by atoms with van der Waals surface area (Å²) in [4.78, 5) is 21.6. The van der Waals surface area contributed by atoms with Crippen molar-refractivity contribution in [2.75, 3.05) is 6.61 Å². The van der Waals surface area contributed by atoms with E-state index in [1.54, 1.807) is 13.0 Å². The van der Waals surface area contributed by atoms with E-state index in [-0.39, 0.29) is 17.6 Å². The highest BCUT2D eigenvalue weighted by Gasteiger charge is 2.22. The van der Waals surface area contributed by atoms with E-state index in [4.69, 9.17) is 9.73 Å². The number of benzene rings is 2. The number of carbonyl (C=O) groups is 1. The number of aromatic nitrogens is 1. The second-order valence-electron chi connectivity index (χ2n) is 6.26. The van der Waals surface area contributed by atoms with E-state index in [1.807, 2.05) is 60.7 Å². The van der Waals surface area contributed by atoms with Crippen LogP contribution >= 0.6 is 15.9 Å². The summed E-state index contributed by atoms with van der Waals surface area (Å²) in [7, 11) is 0. The van der Waals surface area contributed by atoms with Crippen LogP contribution in [0.4, 0.5) is 4.39 Å². The zero-order valence-corrected chi connectivity index (χ0v) is 17.5.